The van der Waals surface area contributed by atoms with Gasteiger partial charge in [0, 0.05) is 18.2 Å². The maximum atomic E-state index is 12.2. The van der Waals surface area contributed by atoms with Crippen molar-refractivity contribution in [2.24, 2.45) is 5.92 Å². The van der Waals surface area contributed by atoms with E-state index in [1.807, 2.05) is 13.8 Å². The van der Waals surface area contributed by atoms with Crippen LogP contribution in [0.1, 0.15) is 20.3 Å². The van der Waals surface area contributed by atoms with Gasteiger partial charge in [-0.25, -0.2) is 9.09 Å². The van der Waals surface area contributed by atoms with Gasteiger partial charge < -0.3 is 0 Å². The minimum absolute atomic E-state index is 0.00729. The van der Waals surface area contributed by atoms with Gasteiger partial charge in [0.15, 0.2) is 0 Å². The molecular weight excluding hydrogens is 345 g/mol. The highest BCUT2D eigenvalue weighted by Gasteiger charge is 2.39. The fourth-order valence-corrected chi connectivity index (χ4v) is 3.76. The number of phosphoric ester groups is 1. The van der Waals surface area contributed by atoms with E-state index >= 15 is 0 Å². The highest BCUT2D eigenvalue weighted by molar-refractivity contribution is 7.48. The van der Waals surface area contributed by atoms with Crippen molar-refractivity contribution in [3.05, 3.63) is 0 Å². The molecule has 0 aromatic heterocycles. The third-order valence-electron chi connectivity index (χ3n) is 1.54. The quantitative estimate of drug-likeness (QED) is 0.414. The van der Waals surface area contributed by atoms with E-state index in [2.05, 4.69) is 0 Å². The summed E-state index contributed by atoms with van der Waals surface area (Å²) in [5.41, 5.74) is 0. The molecule has 0 aliphatic heterocycles. The highest BCUT2D eigenvalue weighted by Crippen LogP contribution is 2.55. The number of hydrogen-bond acceptors (Lipinski definition) is 4. The van der Waals surface area contributed by atoms with Gasteiger partial charge in [0.25, 0.3) is 0 Å². The molecule has 0 radical (unpaired) electrons. The Balaban J connectivity index is 4.60. The summed E-state index contributed by atoms with van der Waals surface area (Å²) in [6.45, 7) is 3.78. The lowest BCUT2D eigenvalue weighted by molar-refractivity contribution is 0.0900. The first-order valence-corrected chi connectivity index (χ1v) is 8.63. The molecule has 9 heteroatoms. The van der Waals surface area contributed by atoms with E-state index in [0.717, 1.165) is 0 Å². The molecule has 0 N–H and O–H groups in total. The van der Waals surface area contributed by atoms with Gasteiger partial charge in [-0.15, -0.1) is 23.2 Å². The van der Waals surface area contributed by atoms with Crippen LogP contribution in [0, 0.1) is 5.92 Å². The highest BCUT2D eigenvalue weighted by atomic mass is 35.5. The minimum atomic E-state index is -3.86. The Labute approximate surface area is 128 Å². The van der Waals surface area contributed by atoms with Crippen LogP contribution < -0.4 is 0 Å². The summed E-state index contributed by atoms with van der Waals surface area (Å²) < 4.78 is 25.5. The molecule has 0 spiro atoms. The van der Waals surface area contributed by atoms with E-state index in [9.17, 15) is 4.57 Å². The fourth-order valence-electron chi connectivity index (χ4n) is 1.06. The number of alkyl halides is 4. The monoisotopic (exact) mass is 360 g/mol. The van der Waals surface area contributed by atoms with Gasteiger partial charge in [0.05, 0.1) is 13.2 Å². The molecule has 0 aromatic rings. The second-order valence-electron chi connectivity index (χ2n) is 3.82. The van der Waals surface area contributed by atoms with Crippen LogP contribution in [-0.4, -0.2) is 29.5 Å². The molecule has 0 rings (SSSR count). The summed E-state index contributed by atoms with van der Waals surface area (Å²) in [5, 5.41) is 0. The largest absolute Gasteiger partial charge is 0.477 e. The second-order valence-corrected chi connectivity index (χ2v) is 7.58. The van der Waals surface area contributed by atoms with Gasteiger partial charge in [-0.2, -0.15) is 0 Å². The van der Waals surface area contributed by atoms with Gasteiger partial charge in [0.2, 0.25) is 4.52 Å². The molecule has 0 heterocycles. The van der Waals surface area contributed by atoms with Crippen molar-refractivity contribution in [2.75, 3.05) is 25.0 Å². The lowest BCUT2D eigenvalue weighted by Crippen LogP contribution is -2.21. The van der Waals surface area contributed by atoms with Gasteiger partial charge in [-0.3, -0.25) is 9.05 Å². The number of rotatable bonds is 10. The number of phosphoric acid groups is 1. The summed E-state index contributed by atoms with van der Waals surface area (Å²) >= 11 is 22.7. The second kappa shape index (κ2) is 9.25. The van der Waals surface area contributed by atoms with Crippen LogP contribution >= 0.6 is 54.2 Å². The van der Waals surface area contributed by atoms with E-state index in [1.54, 1.807) is 0 Å². The molecule has 0 atom stereocenters. The Hall–Kier alpha value is 1.27. The summed E-state index contributed by atoms with van der Waals surface area (Å²) in [6, 6.07) is 0. The third-order valence-corrected chi connectivity index (χ3v) is 4.06. The van der Waals surface area contributed by atoms with Crippen LogP contribution in [-0.2, 0) is 18.1 Å². The zero-order valence-electron chi connectivity index (χ0n) is 10.2. The van der Waals surface area contributed by atoms with Crippen molar-refractivity contribution in [1.29, 1.82) is 0 Å². The molecule has 0 fully saturated rings. The molecule has 4 nitrogen and oxygen atoms in total. The van der Waals surface area contributed by atoms with E-state index in [1.165, 1.54) is 0 Å². The van der Waals surface area contributed by atoms with Crippen molar-refractivity contribution in [1.82, 2.24) is 0 Å². The summed E-state index contributed by atoms with van der Waals surface area (Å²) in [4.78, 5) is 0. The van der Waals surface area contributed by atoms with Crippen LogP contribution in [0.15, 0.2) is 0 Å². The van der Waals surface area contributed by atoms with Gasteiger partial charge in [0.1, 0.15) is 0 Å². The molecule has 0 saturated carbocycles. The lowest BCUT2D eigenvalue weighted by atomic mass is 10.1. The topological polar surface area (TPSA) is 44.8 Å². The predicted octanol–water partition coefficient (Wildman–Crippen LogP) is 4.80. The first-order chi connectivity index (χ1) is 8.24. The van der Waals surface area contributed by atoms with Crippen molar-refractivity contribution in [2.45, 2.75) is 24.8 Å². The zero-order chi connectivity index (χ0) is 14.2. The van der Waals surface area contributed by atoms with E-state index < -0.39 is 12.3 Å². The third kappa shape index (κ3) is 9.22. The summed E-state index contributed by atoms with van der Waals surface area (Å²) in [6.07, 6.45) is 0.272. The number of hydrogen-bond donors (Lipinski definition) is 0. The van der Waals surface area contributed by atoms with E-state index in [0.29, 0.717) is 0 Å². The zero-order valence-corrected chi connectivity index (χ0v) is 14.1. The Morgan fingerprint density at radius 1 is 1.11 bits per heavy atom. The standard InChI is InChI=1S/C9H17Cl4O4P/c1-8(2)7-9(12,13)17-18(14,15-5-3-10)16-6-4-11/h8H,3-7H2,1-2H3. The summed E-state index contributed by atoms with van der Waals surface area (Å²) in [7, 11) is -3.86. The molecule has 0 bridgehead atoms. The van der Waals surface area contributed by atoms with Gasteiger partial charge >= 0.3 is 7.82 Å². The van der Waals surface area contributed by atoms with E-state index in [-0.39, 0.29) is 37.3 Å². The predicted molar refractivity (Wildman–Crippen MR) is 75.9 cm³/mol. The maximum absolute atomic E-state index is 12.2. The molecule has 0 aromatic carbocycles. The molecule has 0 aliphatic rings. The fraction of sp³-hybridized carbons (Fsp3) is 1.00. The molecule has 18 heavy (non-hydrogen) atoms. The van der Waals surface area contributed by atoms with Gasteiger partial charge in [-0.05, 0) is 5.92 Å². The van der Waals surface area contributed by atoms with E-state index in [4.69, 9.17) is 60.0 Å². The van der Waals surface area contributed by atoms with Crippen LogP contribution in [0.25, 0.3) is 0 Å². The van der Waals surface area contributed by atoms with Crippen LogP contribution in [0.2, 0.25) is 0 Å². The summed E-state index contributed by atoms with van der Waals surface area (Å²) in [5.74, 6) is 0.424. The van der Waals surface area contributed by atoms with Crippen molar-refractivity contribution in [3.63, 3.8) is 0 Å². The average molecular weight is 362 g/mol. The van der Waals surface area contributed by atoms with Crippen molar-refractivity contribution >= 4 is 54.2 Å². The Kier molecular flexibility index (Phi) is 9.90. The molecule has 0 amide bonds. The van der Waals surface area contributed by atoms with Crippen LogP contribution in [0.3, 0.4) is 0 Å². The van der Waals surface area contributed by atoms with Gasteiger partial charge in [-0.1, -0.05) is 37.0 Å². The molecule has 0 saturated heterocycles. The Bertz CT molecular complexity index is 263. The van der Waals surface area contributed by atoms with Crippen LogP contribution in [0.5, 0.6) is 0 Å². The SMILES string of the molecule is CC(C)CC(Cl)(Cl)OP(=O)(OCCCl)OCCCl. The smallest absolute Gasteiger partial charge is 0.286 e. The minimum Gasteiger partial charge on any atom is -0.286 e. The molecular formula is C9H17Cl4O4P. The van der Waals surface area contributed by atoms with Crippen molar-refractivity contribution in [3.8, 4) is 0 Å². The normalized spacial score (nSPS) is 13.3. The molecule has 0 aliphatic carbocycles. The number of halogens is 4. The Morgan fingerprint density at radius 3 is 1.89 bits per heavy atom. The maximum Gasteiger partial charge on any atom is 0.477 e. The lowest BCUT2D eigenvalue weighted by Gasteiger charge is -2.26. The molecule has 110 valence electrons. The Morgan fingerprint density at radius 2 is 1.56 bits per heavy atom. The first-order valence-electron chi connectivity index (χ1n) is 5.34. The first kappa shape index (κ1) is 19.3. The van der Waals surface area contributed by atoms with Crippen LogP contribution in [0.4, 0.5) is 0 Å². The molecule has 0 unspecified atom stereocenters. The average Bonchev–Trinajstić information content (AvgIpc) is 2.21. The van der Waals surface area contributed by atoms with Crippen molar-refractivity contribution < 1.29 is 18.1 Å².